The Balaban J connectivity index is 1.62. The van der Waals surface area contributed by atoms with Gasteiger partial charge in [0, 0.05) is 31.6 Å². The first kappa shape index (κ1) is 16.5. The van der Waals surface area contributed by atoms with Crippen molar-refractivity contribution >= 4 is 5.91 Å². The number of carbonyl (C=O) groups excluding carboxylic acids is 1. The zero-order valence-electron chi connectivity index (χ0n) is 14.0. The van der Waals surface area contributed by atoms with Gasteiger partial charge < -0.3 is 10.1 Å². The molecule has 1 saturated carbocycles. The molecule has 1 aliphatic heterocycles. The van der Waals surface area contributed by atoms with Gasteiger partial charge in [-0.3, -0.25) is 4.79 Å². The van der Waals surface area contributed by atoms with Gasteiger partial charge >= 0.3 is 0 Å². The van der Waals surface area contributed by atoms with Gasteiger partial charge in [0.1, 0.15) is 0 Å². The quantitative estimate of drug-likeness (QED) is 0.895. The van der Waals surface area contributed by atoms with Crippen LogP contribution in [0.15, 0.2) is 30.3 Å². The van der Waals surface area contributed by atoms with Gasteiger partial charge in [-0.05, 0) is 37.2 Å². The molecule has 23 heavy (non-hydrogen) atoms. The average molecular weight is 315 g/mol. The van der Waals surface area contributed by atoms with Gasteiger partial charge in [-0.2, -0.15) is 0 Å². The Morgan fingerprint density at radius 3 is 2.43 bits per heavy atom. The minimum Gasteiger partial charge on any atom is -0.381 e. The normalized spacial score (nSPS) is 21.7. The average Bonchev–Trinajstić information content (AvgIpc) is 2.64. The van der Waals surface area contributed by atoms with E-state index in [1.165, 1.54) is 24.8 Å². The van der Waals surface area contributed by atoms with Gasteiger partial charge in [-0.25, -0.2) is 0 Å². The van der Waals surface area contributed by atoms with Crippen molar-refractivity contribution in [3.63, 3.8) is 0 Å². The molecule has 1 aromatic rings. The fourth-order valence-corrected chi connectivity index (χ4v) is 4.09. The molecule has 2 aliphatic rings. The number of rotatable bonds is 5. The van der Waals surface area contributed by atoms with Crippen LogP contribution in [-0.4, -0.2) is 25.7 Å². The van der Waals surface area contributed by atoms with Crippen molar-refractivity contribution in [1.82, 2.24) is 5.32 Å². The maximum absolute atomic E-state index is 12.5. The first-order chi connectivity index (χ1) is 11.3. The highest BCUT2D eigenvalue weighted by molar-refractivity contribution is 5.78. The SMILES string of the molecule is O=C(NCC(c1ccccc1)C1CCOCC1)C1CCCCC1. The maximum atomic E-state index is 12.5. The van der Waals surface area contributed by atoms with Crippen molar-refractivity contribution in [2.45, 2.75) is 50.9 Å². The van der Waals surface area contributed by atoms with Crippen LogP contribution in [0.2, 0.25) is 0 Å². The lowest BCUT2D eigenvalue weighted by molar-refractivity contribution is -0.126. The lowest BCUT2D eigenvalue weighted by atomic mass is 9.81. The van der Waals surface area contributed by atoms with E-state index < -0.39 is 0 Å². The van der Waals surface area contributed by atoms with Gasteiger partial charge in [-0.15, -0.1) is 0 Å². The minimum absolute atomic E-state index is 0.245. The summed E-state index contributed by atoms with van der Waals surface area (Å²) in [7, 11) is 0. The third-order valence-corrected chi connectivity index (χ3v) is 5.53. The molecule has 1 atom stereocenters. The second-order valence-corrected chi connectivity index (χ2v) is 7.05. The van der Waals surface area contributed by atoms with E-state index >= 15 is 0 Å². The molecule has 126 valence electrons. The molecule has 0 radical (unpaired) electrons. The smallest absolute Gasteiger partial charge is 0.223 e. The van der Waals surface area contributed by atoms with Gasteiger partial charge in [0.15, 0.2) is 0 Å². The van der Waals surface area contributed by atoms with Crippen LogP contribution in [0.3, 0.4) is 0 Å². The predicted octanol–water partition coefficient (Wildman–Crippen LogP) is 3.89. The third-order valence-electron chi connectivity index (χ3n) is 5.53. The highest BCUT2D eigenvalue weighted by atomic mass is 16.5. The van der Waals surface area contributed by atoms with Crippen molar-refractivity contribution in [3.05, 3.63) is 35.9 Å². The summed E-state index contributed by atoms with van der Waals surface area (Å²) in [4.78, 5) is 12.5. The second-order valence-electron chi connectivity index (χ2n) is 7.05. The Hall–Kier alpha value is -1.35. The van der Waals surface area contributed by atoms with E-state index in [2.05, 4.69) is 35.6 Å². The summed E-state index contributed by atoms with van der Waals surface area (Å²) >= 11 is 0. The fourth-order valence-electron chi connectivity index (χ4n) is 4.09. The highest BCUT2D eigenvalue weighted by Gasteiger charge is 2.27. The molecular formula is C20H29NO2. The molecule has 3 rings (SSSR count). The van der Waals surface area contributed by atoms with Crippen LogP contribution < -0.4 is 5.32 Å². The number of carbonyl (C=O) groups is 1. The Morgan fingerprint density at radius 2 is 1.74 bits per heavy atom. The molecule has 3 nitrogen and oxygen atoms in total. The Morgan fingerprint density at radius 1 is 1.04 bits per heavy atom. The molecule has 0 spiro atoms. The summed E-state index contributed by atoms with van der Waals surface area (Å²) in [5.74, 6) is 1.54. The molecule has 1 N–H and O–H groups in total. The van der Waals surface area contributed by atoms with E-state index in [9.17, 15) is 4.79 Å². The van der Waals surface area contributed by atoms with E-state index in [-0.39, 0.29) is 11.8 Å². The molecule has 1 amide bonds. The van der Waals surface area contributed by atoms with Crippen molar-refractivity contribution in [2.75, 3.05) is 19.8 Å². The number of benzene rings is 1. The number of nitrogens with one attached hydrogen (secondary N) is 1. The van der Waals surface area contributed by atoms with Crippen molar-refractivity contribution in [1.29, 1.82) is 0 Å². The number of hydrogen-bond acceptors (Lipinski definition) is 2. The maximum Gasteiger partial charge on any atom is 0.223 e. The molecule has 1 unspecified atom stereocenters. The van der Waals surface area contributed by atoms with Crippen molar-refractivity contribution in [2.24, 2.45) is 11.8 Å². The monoisotopic (exact) mass is 315 g/mol. The molecule has 0 bridgehead atoms. The molecule has 3 heteroatoms. The van der Waals surface area contributed by atoms with Crippen LogP contribution in [0.1, 0.15) is 56.4 Å². The van der Waals surface area contributed by atoms with Crippen molar-refractivity contribution in [3.8, 4) is 0 Å². The van der Waals surface area contributed by atoms with Gasteiger partial charge in [0.2, 0.25) is 5.91 Å². The lowest BCUT2D eigenvalue weighted by Gasteiger charge is -2.31. The molecule has 1 aromatic carbocycles. The second kappa shape index (κ2) is 8.49. The summed E-state index contributed by atoms with van der Waals surface area (Å²) in [6.45, 7) is 2.47. The minimum atomic E-state index is 0.245. The van der Waals surface area contributed by atoms with Crippen LogP contribution in [0.25, 0.3) is 0 Å². The van der Waals surface area contributed by atoms with E-state index in [4.69, 9.17) is 4.74 Å². The van der Waals surface area contributed by atoms with Gasteiger partial charge in [-0.1, -0.05) is 49.6 Å². The zero-order valence-corrected chi connectivity index (χ0v) is 14.0. The zero-order chi connectivity index (χ0) is 15.9. The topological polar surface area (TPSA) is 38.3 Å². The largest absolute Gasteiger partial charge is 0.381 e. The summed E-state index contributed by atoms with van der Waals surface area (Å²) in [5, 5.41) is 3.27. The molecule has 1 saturated heterocycles. The summed E-state index contributed by atoms with van der Waals surface area (Å²) in [6, 6.07) is 10.7. The third kappa shape index (κ3) is 4.57. The first-order valence-electron chi connectivity index (χ1n) is 9.25. The van der Waals surface area contributed by atoms with Crippen LogP contribution in [0.5, 0.6) is 0 Å². The first-order valence-corrected chi connectivity index (χ1v) is 9.25. The lowest BCUT2D eigenvalue weighted by Crippen LogP contribution is -2.37. The fraction of sp³-hybridized carbons (Fsp3) is 0.650. The molecule has 2 fully saturated rings. The van der Waals surface area contributed by atoms with Crippen LogP contribution in [0, 0.1) is 11.8 Å². The summed E-state index contributed by atoms with van der Waals surface area (Å²) in [6.07, 6.45) is 8.04. The standard InChI is InChI=1S/C20H29NO2/c22-20(18-9-5-2-6-10-18)21-15-19(16-7-3-1-4-8-16)17-11-13-23-14-12-17/h1,3-4,7-8,17-19H,2,5-6,9-15H2,(H,21,22). The highest BCUT2D eigenvalue weighted by Crippen LogP contribution is 2.32. The van der Waals surface area contributed by atoms with E-state index in [1.807, 2.05) is 0 Å². The van der Waals surface area contributed by atoms with Crippen LogP contribution in [0.4, 0.5) is 0 Å². The molecule has 1 aliphatic carbocycles. The number of amides is 1. The Kier molecular flexibility index (Phi) is 6.09. The predicted molar refractivity (Wildman–Crippen MR) is 92.3 cm³/mol. The van der Waals surface area contributed by atoms with Crippen LogP contribution in [-0.2, 0) is 9.53 Å². The van der Waals surface area contributed by atoms with Crippen LogP contribution >= 0.6 is 0 Å². The Bertz CT molecular complexity index is 476. The molecule has 1 heterocycles. The number of hydrogen-bond donors (Lipinski definition) is 1. The van der Waals surface area contributed by atoms with E-state index in [0.29, 0.717) is 11.8 Å². The summed E-state index contributed by atoms with van der Waals surface area (Å²) < 4.78 is 5.52. The van der Waals surface area contributed by atoms with Crippen molar-refractivity contribution < 1.29 is 9.53 Å². The van der Waals surface area contributed by atoms with Gasteiger partial charge in [0.25, 0.3) is 0 Å². The Labute approximate surface area is 139 Å². The summed E-state index contributed by atoms with van der Waals surface area (Å²) in [5.41, 5.74) is 1.35. The van der Waals surface area contributed by atoms with E-state index in [1.54, 1.807) is 0 Å². The molecular weight excluding hydrogens is 286 g/mol. The van der Waals surface area contributed by atoms with Gasteiger partial charge in [0.05, 0.1) is 0 Å². The molecule has 0 aromatic heterocycles. The number of ether oxygens (including phenoxy) is 1. The van der Waals surface area contributed by atoms with E-state index in [0.717, 1.165) is 45.4 Å².